The summed E-state index contributed by atoms with van der Waals surface area (Å²) in [6.07, 6.45) is 3.96. The van der Waals surface area contributed by atoms with Crippen molar-refractivity contribution in [2.45, 2.75) is 51.6 Å². The van der Waals surface area contributed by atoms with Gasteiger partial charge < -0.3 is 19.9 Å². The van der Waals surface area contributed by atoms with Crippen molar-refractivity contribution >= 4 is 35.8 Å². The van der Waals surface area contributed by atoms with E-state index in [-0.39, 0.29) is 29.8 Å². The molecule has 0 bridgehead atoms. The van der Waals surface area contributed by atoms with Gasteiger partial charge in [0.1, 0.15) is 5.75 Å². The Morgan fingerprint density at radius 1 is 1.08 bits per heavy atom. The minimum atomic E-state index is -0.221. The summed E-state index contributed by atoms with van der Waals surface area (Å²) in [6, 6.07) is 15.6. The molecule has 0 aromatic heterocycles. The topological polar surface area (TPSA) is 61.9 Å². The Kier molecular flexibility index (Phi) is 10.1. The Hall–Kier alpha value is -2.28. The number of piperidine rings is 1. The molecule has 2 heterocycles. The molecule has 196 valence electrons. The summed E-state index contributed by atoms with van der Waals surface area (Å²) in [4.78, 5) is 30.0. The van der Waals surface area contributed by atoms with E-state index in [1.165, 1.54) is 0 Å². The van der Waals surface area contributed by atoms with Gasteiger partial charge in [-0.15, -0.1) is 12.4 Å². The molecule has 2 aliphatic heterocycles. The van der Waals surface area contributed by atoms with Crippen LogP contribution < -0.4 is 10.1 Å². The van der Waals surface area contributed by atoms with Crippen molar-refractivity contribution < 1.29 is 14.3 Å². The second-order valence-electron chi connectivity index (χ2n) is 9.73. The Bertz CT molecular complexity index is 1020. The number of nitrogens with zero attached hydrogens (tertiary/aromatic N) is 2. The molecular weight excluding hydrogens is 497 g/mol. The van der Waals surface area contributed by atoms with Gasteiger partial charge in [-0.3, -0.25) is 9.59 Å². The lowest BCUT2D eigenvalue weighted by Gasteiger charge is -2.38. The SMILES string of the molecule is CCC(=O)NC(CCN1CCC2(CC1)CCN(Cc1ccc(OC)cc1)C2=O)c1ccccc1Cl.Cl. The van der Waals surface area contributed by atoms with Crippen LogP contribution in [0.3, 0.4) is 0 Å². The van der Waals surface area contributed by atoms with Crippen LogP contribution >= 0.6 is 24.0 Å². The zero-order chi connectivity index (χ0) is 24.8. The van der Waals surface area contributed by atoms with Crippen molar-refractivity contribution in [3.8, 4) is 5.75 Å². The Morgan fingerprint density at radius 3 is 2.39 bits per heavy atom. The number of hydrogen-bond donors (Lipinski definition) is 1. The van der Waals surface area contributed by atoms with Gasteiger partial charge in [-0.05, 0) is 68.1 Å². The minimum Gasteiger partial charge on any atom is -0.497 e. The van der Waals surface area contributed by atoms with Crippen molar-refractivity contribution in [1.29, 1.82) is 0 Å². The number of carbonyl (C=O) groups is 2. The van der Waals surface area contributed by atoms with Gasteiger partial charge in [0.15, 0.2) is 0 Å². The summed E-state index contributed by atoms with van der Waals surface area (Å²) in [5.41, 5.74) is 1.87. The molecule has 2 saturated heterocycles. The number of ether oxygens (including phenoxy) is 1. The van der Waals surface area contributed by atoms with E-state index in [0.717, 1.165) is 68.7 Å². The van der Waals surface area contributed by atoms with Crippen LogP contribution in [0.2, 0.25) is 5.02 Å². The van der Waals surface area contributed by atoms with Crippen LogP contribution in [0.5, 0.6) is 5.75 Å². The van der Waals surface area contributed by atoms with E-state index in [9.17, 15) is 9.59 Å². The lowest BCUT2D eigenvalue weighted by Crippen LogP contribution is -2.45. The van der Waals surface area contributed by atoms with E-state index in [2.05, 4.69) is 10.2 Å². The van der Waals surface area contributed by atoms with Crippen molar-refractivity contribution in [2.24, 2.45) is 5.41 Å². The fraction of sp³-hybridized carbons (Fsp3) is 0.500. The number of halogens is 2. The number of rotatable bonds is 9. The van der Waals surface area contributed by atoms with Gasteiger partial charge in [0.05, 0.1) is 18.6 Å². The summed E-state index contributed by atoms with van der Waals surface area (Å²) in [5.74, 6) is 1.16. The molecule has 6 nitrogen and oxygen atoms in total. The van der Waals surface area contributed by atoms with E-state index in [0.29, 0.717) is 23.9 Å². The number of methoxy groups -OCH3 is 1. The lowest BCUT2D eigenvalue weighted by atomic mass is 9.77. The number of hydrogen-bond acceptors (Lipinski definition) is 4. The molecule has 0 radical (unpaired) electrons. The average molecular weight is 535 g/mol. The van der Waals surface area contributed by atoms with E-state index >= 15 is 0 Å². The summed E-state index contributed by atoms with van der Waals surface area (Å²) in [7, 11) is 1.66. The van der Waals surface area contributed by atoms with Crippen molar-refractivity contribution in [2.75, 3.05) is 33.3 Å². The van der Waals surface area contributed by atoms with E-state index in [1.54, 1.807) is 7.11 Å². The van der Waals surface area contributed by atoms with Crippen LogP contribution in [-0.2, 0) is 16.1 Å². The van der Waals surface area contributed by atoms with Crippen molar-refractivity contribution in [3.05, 3.63) is 64.7 Å². The fourth-order valence-electron chi connectivity index (χ4n) is 5.33. The first-order valence-electron chi connectivity index (χ1n) is 12.6. The summed E-state index contributed by atoms with van der Waals surface area (Å²) in [5, 5.41) is 3.82. The van der Waals surface area contributed by atoms with Gasteiger partial charge in [0, 0.05) is 31.1 Å². The normalized spacial score (nSPS) is 18.1. The molecule has 1 N–H and O–H groups in total. The van der Waals surface area contributed by atoms with Gasteiger partial charge in [-0.25, -0.2) is 0 Å². The first kappa shape index (κ1) is 28.3. The fourth-order valence-corrected chi connectivity index (χ4v) is 5.60. The van der Waals surface area contributed by atoms with Crippen LogP contribution in [0.25, 0.3) is 0 Å². The molecule has 36 heavy (non-hydrogen) atoms. The quantitative estimate of drug-likeness (QED) is 0.478. The third-order valence-electron chi connectivity index (χ3n) is 7.62. The first-order valence-corrected chi connectivity index (χ1v) is 13.0. The molecule has 4 rings (SSSR count). The first-order chi connectivity index (χ1) is 16.9. The molecule has 8 heteroatoms. The zero-order valence-electron chi connectivity index (χ0n) is 21.2. The Morgan fingerprint density at radius 2 is 1.75 bits per heavy atom. The standard InChI is InChI=1S/C28H36ClN3O3.ClH/c1-3-26(33)30-25(23-6-4-5-7-24(23)29)12-16-31-17-13-28(14-18-31)15-19-32(27(28)34)20-21-8-10-22(35-2)11-9-21;/h4-11,25H,3,12-20H2,1-2H3,(H,30,33);1H. The monoisotopic (exact) mass is 533 g/mol. The van der Waals surface area contributed by atoms with Gasteiger partial charge >= 0.3 is 0 Å². The lowest BCUT2D eigenvalue weighted by molar-refractivity contribution is -0.139. The third kappa shape index (κ3) is 6.53. The molecule has 2 amide bonds. The number of amides is 2. The molecule has 0 aliphatic carbocycles. The number of carbonyl (C=O) groups excluding carboxylic acids is 2. The highest BCUT2D eigenvalue weighted by Crippen LogP contribution is 2.42. The molecule has 2 aromatic rings. The van der Waals surface area contributed by atoms with Crippen LogP contribution in [0, 0.1) is 5.41 Å². The summed E-state index contributed by atoms with van der Waals surface area (Å²) >= 11 is 6.44. The molecule has 1 spiro atoms. The molecule has 2 aromatic carbocycles. The maximum atomic E-state index is 13.4. The second kappa shape index (κ2) is 12.8. The van der Waals surface area contributed by atoms with Gasteiger partial charge in [0.25, 0.3) is 0 Å². The second-order valence-corrected chi connectivity index (χ2v) is 10.1. The van der Waals surface area contributed by atoms with Crippen molar-refractivity contribution in [3.63, 3.8) is 0 Å². The van der Waals surface area contributed by atoms with Crippen LogP contribution in [0.4, 0.5) is 0 Å². The molecule has 1 unspecified atom stereocenters. The van der Waals surface area contributed by atoms with Crippen LogP contribution in [-0.4, -0.2) is 54.9 Å². The smallest absolute Gasteiger partial charge is 0.229 e. The Balaban J connectivity index is 0.00000361. The van der Waals surface area contributed by atoms with Gasteiger partial charge in [-0.1, -0.05) is 48.9 Å². The average Bonchev–Trinajstić information content (AvgIpc) is 3.18. The summed E-state index contributed by atoms with van der Waals surface area (Å²) in [6.45, 7) is 6.00. The number of benzene rings is 2. The van der Waals surface area contributed by atoms with E-state index < -0.39 is 0 Å². The third-order valence-corrected chi connectivity index (χ3v) is 7.96. The Labute approximate surface area is 225 Å². The highest BCUT2D eigenvalue weighted by molar-refractivity contribution is 6.31. The van der Waals surface area contributed by atoms with Gasteiger partial charge in [-0.2, -0.15) is 0 Å². The molecule has 2 aliphatic rings. The van der Waals surface area contributed by atoms with Gasteiger partial charge in [0.2, 0.25) is 11.8 Å². The largest absolute Gasteiger partial charge is 0.497 e. The molecular formula is C28H37Cl2N3O3. The predicted octanol–water partition coefficient (Wildman–Crippen LogP) is 5.24. The van der Waals surface area contributed by atoms with Crippen molar-refractivity contribution in [1.82, 2.24) is 15.1 Å². The number of likely N-dealkylation sites (tertiary alicyclic amines) is 2. The maximum Gasteiger partial charge on any atom is 0.229 e. The highest BCUT2D eigenvalue weighted by atomic mass is 35.5. The molecule has 2 fully saturated rings. The van der Waals surface area contributed by atoms with Crippen LogP contribution in [0.15, 0.2) is 48.5 Å². The maximum absolute atomic E-state index is 13.4. The van der Waals surface area contributed by atoms with Crippen LogP contribution in [0.1, 0.15) is 56.2 Å². The summed E-state index contributed by atoms with van der Waals surface area (Å²) < 4.78 is 5.24. The highest BCUT2D eigenvalue weighted by Gasteiger charge is 2.47. The molecule has 0 saturated carbocycles. The van der Waals surface area contributed by atoms with E-state index in [1.807, 2.05) is 60.4 Å². The van der Waals surface area contributed by atoms with E-state index in [4.69, 9.17) is 16.3 Å². The molecule has 1 atom stereocenters. The number of nitrogens with one attached hydrogen (secondary N) is 1. The zero-order valence-corrected chi connectivity index (χ0v) is 22.7. The predicted molar refractivity (Wildman–Crippen MR) is 146 cm³/mol. The minimum absolute atomic E-state index is 0.